The minimum absolute atomic E-state index is 0.00367. The van der Waals surface area contributed by atoms with E-state index in [0.717, 1.165) is 32.0 Å². The van der Waals surface area contributed by atoms with E-state index in [-0.39, 0.29) is 22.4 Å². The highest BCUT2D eigenvalue weighted by Gasteiger charge is 2.43. The maximum atomic E-state index is 14.2. The van der Waals surface area contributed by atoms with Gasteiger partial charge in [0.05, 0.1) is 10.7 Å². The number of hydrogen-bond acceptors (Lipinski definition) is 5. The first-order valence-corrected chi connectivity index (χ1v) is 8.53. The quantitative estimate of drug-likeness (QED) is 0.804. The van der Waals surface area contributed by atoms with Crippen LogP contribution in [0.5, 0.6) is 5.75 Å². The Hall–Kier alpha value is -1.93. The van der Waals surface area contributed by atoms with Crippen LogP contribution in [0.2, 0.25) is 5.02 Å². The molecular weight excluding hydrogens is 371 g/mol. The molecule has 0 radical (unpaired) electrons. The third kappa shape index (κ3) is 3.55. The lowest BCUT2D eigenvalue weighted by Crippen LogP contribution is -2.35. The number of nitrogens with zero attached hydrogens (tertiary/aromatic N) is 2. The minimum Gasteiger partial charge on any atom is -0.478 e. The van der Waals surface area contributed by atoms with E-state index in [1.54, 1.807) is 0 Å². The Morgan fingerprint density at radius 3 is 2.76 bits per heavy atom. The first-order valence-electron chi connectivity index (χ1n) is 7.75. The van der Waals surface area contributed by atoms with E-state index in [1.165, 1.54) is 13.0 Å². The number of likely N-dealkylation sites (tertiary alicyclic amines) is 1. The van der Waals surface area contributed by atoms with Gasteiger partial charge in [-0.05, 0) is 44.1 Å². The third-order valence-electron chi connectivity index (χ3n) is 4.21. The summed E-state index contributed by atoms with van der Waals surface area (Å²) >= 11 is 11.3. The van der Waals surface area contributed by atoms with Crippen LogP contribution in [0.25, 0.3) is 0 Å². The molecule has 2 aliphatic heterocycles. The lowest BCUT2D eigenvalue weighted by Gasteiger charge is -2.19. The summed E-state index contributed by atoms with van der Waals surface area (Å²) in [7, 11) is 0. The van der Waals surface area contributed by atoms with Gasteiger partial charge in [0.15, 0.2) is 11.6 Å². The van der Waals surface area contributed by atoms with Crippen LogP contribution in [0.1, 0.15) is 31.7 Å². The van der Waals surface area contributed by atoms with Crippen molar-refractivity contribution < 1.29 is 23.9 Å². The Morgan fingerprint density at radius 2 is 2.16 bits per heavy atom. The van der Waals surface area contributed by atoms with Gasteiger partial charge in [0, 0.05) is 25.1 Å². The maximum Gasteiger partial charge on any atom is 0.351 e. The van der Waals surface area contributed by atoms with Gasteiger partial charge >= 0.3 is 5.97 Å². The zero-order valence-corrected chi connectivity index (χ0v) is 15.0. The number of thiocarbonyl (C=S) groups is 1. The summed E-state index contributed by atoms with van der Waals surface area (Å²) in [5.74, 6) is -1.88. The van der Waals surface area contributed by atoms with Crippen LogP contribution in [0, 0.1) is 5.82 Å². The summed E-state index contributed by atoms with van der Waals surface area (Å²) in [6, 6.07) is 2.47. The van der Waals surface area contributed by atoms with E-state index in [4.69, 9.17) is 33.4 Å². The van der Waals surface area contributed by atoms with Crippen LogP contribution >= 0.6 is 23.8 Å². The first kappa shape index (κ1) is 17.9. The molecule has 3 rings (SSSR count). The van der Waals surface area contributed by atoms with Crippen LogP contribution in [0.15, 0.2) is 17.3 Å². The Labute approximate surface area is 154 Å². The van der Waals surface area contributed by atoms with Gasteiger partial charge in [0.1, 0.15) is 0 Å². The molecule has 1 unspecified atom stereocenters. The van der Waals surface area contributed by atoms with Gasteiger partial charge < -0.3 is 19.6 Å². The van der Waals surface area contributed by atoms with Crippen molar-refractivity contribution in [1.29, 1.82) is 0 Å². The van der Waals surface area contributed by atoms with Gasteiger partial charge in [0.25, 0.3) is 5.17 Å². The first-order chi connectivity index (χ1) is 11.8. The van der Waals surface area contributed by atoms with Gasteiger partial charge in [0.2, 0.25) is 5.60 Å². The fourth-order valence-corrected chi connectivity index (χ4v) is 3.22. The fourth-order valence-electron chi connectivity index (χ4n) is 2.69. The van der Waals surface area contributed by atoms with E-state index in [2.05, 4.69) is 5.16 Å². The number of carbonyl (C=O) groups is 1. The second-order valence-corrected chi connectivity index (χ2v) is 6.92. The Kier molecular flexibility index (Phi) is 4.83. The third-order valence-corrected chi connectivity index (χ3v) is 4.86. The van der Waals surface area contributed by atoms with Crippen molar-refractivity contribution in [2.24, 2.45) is 5.16 Å². The second kappa shape index (κ2) is 6.76. The van der Waals surface area contributed by atoms with E-state index < -0.39 is 17.4 Å². The molecule has 6 nitrogen and oxygen atoms in total. The molecule has 1 fully saturated rings. The van der Waals surface area contributed by atoms with Gasteiger partial charge in [-0.15, -0.1) is 0 Å². The fraction of sp³-hybridized carbons (Fsp3) is 0.438. The molecule has 0 aliphatic carbocycles. The maximum absolute atomic E-state index is 14.2. The molecule has 1 N–H and O–H groups in total. The molecule has 0 spiro atoms. The monoisotopic (exact) mass is 386 g/mol. The largest absolute Gasteiger partial charge is 0.478 e. The molecule has 1 aromatic carbocycles. The molecule has 9 heteroatoms. The van der Waals surface area contributed by atoms with Crippen LogP contribution in [-0.4, -0.2) is 45.6 Å². The molecule has 2 aliphatic rings. The van der Waals surface area contributed by atoms with E-state index in [9.17, 15) is 14.3 Å². The summed E-state index contributed by atoms with van der Waals surface area (Å²) in [6.07, 6.45) is 2.03. The minimum atomic E-state index is -1.47. The number of oxime groups is 1. The summed E-state index contributed by atoms with van der Waals surface area (Å²) < 4.78 is 19.7. The number of hydrogen-bond donors (Lipinski definition) is 1. The molecule has 1 saturated heterocycles. The highest BCUT2D eigenvalue weighted by atomic mass is 35.5. The molecular formula is C16H16ClFN2O4S. The topological polar surface area (TPSA) is 71.4 Å². The van der Waals surface area contributed by atoms with E-state index in [1.807, 2.05) is 4.90 Å². The zero-order valence-electron chi connectivity index (χ0n) is 13.4. The van der Waals surface area contributed by atoms with Crippen LogP contribution in [0.3, 0.4) is 0 Å². The number of rotatable bonds is 3. The van der Waals surface area contributed by atoms with Crippen molar-refractivity contribution in [3.8, 4) is 5.75 Å². The summed E-state index contributed by atoms with van der Waals surface area (Å²) in [4.78, 5) is 18.1. The number of benzene rings is 1. The van der Waals surface area contributed by atoms with Crippen molar-refractivity contribution in [2.45, 2.75) is 31.8 Å². The Bertz CT molecular complexity index is 767. The Balaban J connectivity index is 1.84. The average molecular weight is 387 g/mol. The van der Waals surface area contributed by atoms with Gasteiger partial charge in [-0.1, -0.05) is 16.8 Å². The summed E-state index contributed by atoms with van der Waals surface area (Å²) in [5.41, 5.74) is -0.807. The lowest BCUT2D eigenvalue weighted by atomic mass is 9.96. The smallest absolute Gasteiger partial charge is 0.351 e. The van der Waals surface area contributed by atoms with Crippen molar-refractivity contribution in [1.82, 2.24) is 4.90 Å². The second-order valence-electron chi connectivity index (χ2n) is 6.17. The molecule has 0 amide bonds. The average Bonchev–Trinajstić information content (AvgIpc) is 3.20. The number of halogens is 2. The molecule has 1 atom stereocenters. The Morgan fingerprint density at radius 1 is 1.48 bits per heavy atom. The molecule has 25 heavy (non-hydrogen) atoms. The van der Waals surface area contributed by atoms with Crippen molar-refractivity contribution in [3.05, 3.63) is 28.5 Å². The van der Waals surface area contributed by atoms with Gasteiger partial charge in [-0.3, -0.25) is 0 Å². The number of carboxylic acids is 1. The van der Waals surface area contributed by atoms with Gasteiger partial charge in [-0.2, -0.15) is 0 Å². The van der Waals surface area contributed by atoms with E-state index in [0.29, 0.717) is 11.3 Å². The standard InChI is InChI=1S/C16H16ClFN2O4S/c1-16(14(21)22)8-12(19-24-16)9-6-13(11(18)7-10(9)17)23-15(25)20-4-2-3-5-20/h6-7H,2-5,8H2,1H3,(H,21,22). The molecule has 0 aromatic heterocycles. The van der Waals surface area contributed by atoms with Gasteiger partial charge in [-0.25, -0.2) is 9.18 Å². The molecule has 1 aromatic rings. The van der Waals surface area contributed by atoms with Crippen molar-refractivity contribution in [3.63, 3.8) is 0 Å². The van der Waals surface area contributed by atoms with Crippen LogP contribution < -0.4 is 4.74 Å². The highest BCUT2D eigenvalue weighted by Crippen LogP contribution is 2.33. The van der Waals surface area contributed by atoms with Crippen LogP contribution in [0.4, 0.5) is 4.39 Å². The number of ether oxygens (including phenoxy) is 1. The zero-order chi connectivity index (χ0) is 18.2. The highest BCUT2D eigenvalue weighted by molar-refractivity contribution is 7.80. The molecule has 134 valence electrons. The molecule has 2 heterocycles. The lowest BCUT2D eigenvalue weighted by molar-refractivity contribution is -0.160. The number of aliphatic carboxylic acids is 1. The normalized spacial score (nSPS) is 22.5. The molecule has 0 saturated carbocycles. The van der Waals surface area contributed by atoms with E-state index >= 15 is 0 Å². The van der Waals surface area contributed by atoms with Crippen molar-refractivity contribution >= 4 is 40.7 Å². The SMILES string of the molecule is CC1(C(=O)O)CC(c2cc(OC(=S)N3CCCC3)c(F)cc2Cl)=NO1. The predicted octanol–water partition coefficient (Wildman–Crippen LogP) is 3.21. The summed E-state index contributed by atoms with van der Waals surface area (Å²) in [5, 5.41) is 13.3. The predicted molar refractivity (Wildman–Crippen MR) is 93.7 cm³/mol. The van der Waals surface area contributed by atoms with Crippen LogP contribution in [-0.2, 0) is 9.63 Å². The number of carboxylic acid groups (broad SMARTS) is 1. The molecule has 0 bridgehead atoms. The summed E-state index contributed by atoms with van der Waals surface area (Å²) in [6.45, 7) is 2.96. The van der Waals surface area contributed by atoms with Crippen molar-refractivity contribution in [2.75, 3.05) is 13.1 Å².